The van der Waals surface area contributed by atoms with Crippen LogP contribution in [-0.2, 0) is 11.0 Å². The fourth-order valence-electron chi connectivity index (χ4n) is 3.70. The Balaban J connectivity index is 0.00000280. The molecule has 2 unspecified atom stereocenters. The predicted octanol–water partition coefficient (Wildman–Crippen LogP) is 2.85. The Kier molecular flexibility index (Phi) is 7.71. The number of carbonyl (C=O) groups excluding carboxylic acids is 2. The Bertz CT molecular complexity index is 693. The number of alkyl halides is 3. The van der Waals surface area contributed by atoms with Gasteiger partial charge in [0.15, 0.2) is 0 Å². The highest BCUT2D eigenvalue weighted by atomic mass is 35.5. The normalized spacial score (nSPS) is 22.5. The molecule has 0 bridgehead atoms. The Morgan fingerprint density at radius 2 is 2.00 bits per heavy atom. The van der Waals surface area contributed by atoms with Crippen molar-refractivity contribution in [1.82, 2.24) is 15.5 Å². The predicted molar refractivity (Wildman–Crippen MR) is 101 cm³/mol. The van der Waals surface area contributed by atoms with Gasteiger partial charge in [-0.1, -0.05) is 6.07 Å². The minimum absolute atomic E-state index is 0. The molecule has 0 saturated carbocycles. The first kappa shape index (κ1) is 22.5. The van der Waals surface area contributed by atoms with Gasteiger partial charge >= 0.3 is 6.18 Å². The zero-order valence-electron chi connectivity index (χ0n) is 15.4. The van der Waals surface area contributed by atoms with Gasteiger partial charge in [-0.05, 0) is 56.3 Å². The van der Waals surface area contributed by atoms with Crippen molar-refractivity contribution in [2.75, 3.05) is 26.2 Å². The smallest absolute Gasteiger partial charge is 0.354 e. The molecule has 1 aromatic carbocycles. The zero-order valence-corrected chi connectivity index (χ0v) is 16.2. The molecule has 2 aliphatic rings. The molecule has 2 aliphatic heterocycles. The number of hydrogen-bond acceptors (Lipinski definition) is 3. The fraction of sp³-hybridized carbons (Fsp3) is 0.579. The maximum atomic E-state index is 12.9. The molecule has 5 nitrogen and oxygen atoms in total. The van der Waals surface area contributed by atoms with Crippen molar-refractivity contribution in [3.63, 3.8) is 0 Å². The van der Waals surface area contributed by atoms with Crippen molar-refractivity contribution in [1.29, 1.82) is 0 Å². The van der Waals surface area contributed by atoms with Crippen LogP contribution in [0.2, 0.25) is 0 Å². The molecule has 9 heteroatoms. The topological polar surface area (TPSA) is 61.4 Å². The molecular weight excluding hydrogens is 395 g/mol. The van der Waals surface area contributed by atoms with E-state index in [4.69, 9.17) is 0 Å². The summed E-state index contributed by atoms with van der Waals surface area (Å²) in [5, 5.41) is 6.08. The third-order valence-corrected chi connectivity index (χ3v) is 5.18. The lowest BCUT2D eigenvalue weighted by molar-refractivity contribution is -0.137. The van der Waals surface area contributed by atoms with E-state index >= 15 is 0 Å². The summed E-state index contributed by atoms with van der Waals surface area (Å²) in [5.41, 5.74) is -0.775. The molecule has 2 N–H and O–H groups in total. The third-order valence-electron chi connectivity index (χ3n) is 5.18. The van der Waals surface area contributed by atoms with Crippen LogP contribution >= 0.6 is 12.4 Å². The molecule has 2 saturated heterocycles. The van der Waals surface area contributed by atoms with Crippen molar-refractivity contribution < 1.29 is 22.8 Å². The number of benzene rings is 1. The van der Waals surface area contributed by atoms with E-state index in [1.807, 2.05) is 0 Å². The van der Waals surface area contributed by atoms with E-state index in [1.165, 1.54) is 12.1 Å². The van der Waals surface area contributed by atoms with Crippen molar-refractivity contribution >= 4 is 24.2 Å². The Hall–Kier alpha value is -1.80. The first-order valence-corrected chi connectivity index (χ1v) is 9.32. The number of nitrogens with one attached hydrogen (secondary N) is 2. The zero-order chi connectivity index (χ0) is 19.4. The van der Waals surface area contributed by atoms with Crippen LogP contribution in [0.1, 0.15) is 41.6 Å². The summed E-state index contributed by atoms with van der Waals surface area (Å²) < 4.78 is 38.6. The summed E-state index contributed by atoms with van der Waals surface area (Å²) in [6.07, 6.45) is -1.01. The number of amides is 2. The molecular formula is C19H25ClF3N3O2. The monoisotopic (exact) mass is 419 g/mol. The van der Waals surface area contributed by atoms with E-state index in [0.717, 1.165) is 44.4 Å². The van der Waals surface area contributed by atoms with Crippen LogP contribution in [0.3, 0.4) is 0 Å². The first-order valence-electron chi connectivity index (χ1n) is 9.32. The third kappa shape index (κ3) is 5.61. The van der Waals surface area contributed by atoms with Crippen molar-refractivity contribution in [2.24, 2.45) is 5.92 Å². The second-order valence-electron chi connectivity index (χ2n) is 7.23. The highest BCUT2D eigenvalue weighted by Crippen LogP contribution is 2.30. The summed E-state index contributed by atoms with van der Waals surface area (Å²) in [4.78, 5) is 26.3. The molecule has 0 aliphatic carbocycles. The van der Waals surface area contributed by atoms with Crippen LogP contribution in [-0.4, -0.2) is 48.9 Å². The van der Waals surface area contributed by atoms with Crippen LogP contribution in [0, 0.1) is 5.92 Å². The lowest BCUT2D eigenvalue weighted by Crippen LogP contribution is -2.46. The summed E-state index contributed by atoms with van der Waals surface area (Å²) in [6.45, 7) is 2.28. The van der Waals surface area contributed by atoms with E-state index in [0.29, 0.717) is 19.6 Å². The number of hydrogen-bond donors (Lipinski definition) is 2. The molecule has 2 heterocycles. The Morgan fingerprint density at radius 3 is 2.68 bits per heavy atom. The van der Waals surface area contributed by atoms with E-state index in [9.17, 15) is 22.8 Å². The second kappa shape index (κ2) is 9.60. The van der Waals surface area contributed by atoms with Gasteiger partial charge in [-0.3, -0.25) is 9.59 Å². The van der Waals surface area contributed by atoms with E-state index in [1.54, 1.807) is 4.90 Å². The molecule has 0 aromatic heterocycles. The molecule has 1 aromatic rings. The average Bonchev–Trinajstić information content (AvgIpc) is 3.20. The molecule has 2 fully saturated rings. The number of piperidine rings is 1. The van der Waals surface area contributed by atoms with Gasteiger partial charge in [-0.25, -0.2) is 0 Å². The molecule has 28 heavy (non-hydrogen) atoms. The van der Waals surface area contributed by atoms with E-state index in [2.05, 4.69) is 10.6 Å². The Labute approximate surface area is 168 Å². The van der Waals surface area contributed by atoms with Gasteiger partial charge in [0, 0.05) is 25.2 Å². The second-order valence-corrected chi connectivity index (χ2v) is 7.23. The molecule has 2 amide bonds. The van der Waals surface area contributed by atoms with Gasteiger partial charge in [0.25, 0.3) is 5.91 Å². The van der Waals surface area contributed by atoms with Crippen LogP contribution in [0.5, 0.6) is 0 Å². The minimum atomic E-state index is -4.47. The van der Waals surface area contributed by atoms with Crippen LogP contribution in [0.4, 0.5) is 13.2 Å². The highest BCUT2D eigenvalue weighted by Gasteiger charge is 2.32. The first-order chi connectivity index (χ1) is 12.8. The van der Waals surface area contributed by atoms with Crippen LogP contribution < -0.4 is 10.6 Å². The lowest BCUT2D eigenvalue weighted by Gasteiger charge is -2.33. The van der Waals surface area contributed by atoms with Crippen molar-refractivity contribution in [3.05, 3.63) is 35.4 Å². The largest absolute Gasteiger partial charge is 0.416 e. The van der Waals surface area contributed by atoms with Gasteiger partial charge in [-0.15, -0.1) is 12.4 Å². The maximum Gasteiger partial charge on any atom is 0.416 e. The highest BCUT2D eigenvalue weighted by molar-refractivity contribution is 5.94. The van der Waals surface area contributed by atoms with Gasteiger partial charge < -0.3 is 15.5 Å². The fourth-order valence-corrected chi connectivity index (χ4v) is 3.70. The summed E-state index contributed by atoms with van der Waals surface area (Å²) in [7, 11) is 0. The number of carbonyl (C=O) groups is 2. The van der Waals surface area contributed by atoms with Crippen LogP contribution in [0.25, 0.3) is 0 Å². The number of rotatable bonds is 4. The van der Waals surface area contributed by atoms with Crippen LogP contribution in [0.15, 0.2) is 24.3 Å². The molecule has 0 spiro atoms. The van der Waals surface area contributed by atoms with Gasteiger partial charge in [-0.2, -0.15) is 13.2 Å². The molecule has 156 valence electrons. The summed E-state index contributed by atoms with van der Waals surface area (Å²) >= 11 is 0. The van der Waals surface area contributed by atoms with Crippen molar-refractivity contribution in [3.8, 4) is 0 Å². The molecule has 3 rings (SSSR count). The van der Waals surface area contributed by atoms with Gasteiger partial charge in [0.2, 0.25) is 5.91 Å². The number of nitrogens with zero attached hydrogens (tertiary/aromatic N) is 1. The SMILES string of the molecule is Cl.O=C(NCC1CCCN(C(=O)c2cccc(C(F)(F)F)c2)C1)C1CCCN1. The Morgan fingerprint density at radius 1 is 1.21 bits per heavy atom. The molecule has 0 radical (unpaired) electrons. The minimum Gasteiger partial charge on any atom is -0.354 e. The quantitative estimate of drug-likeness (QED) is 0.789. The maximum absolute atomic E-state index is 12.9. The van der Waals surface area contributed by atoms with Gasteiger partial charge in [0.1, 0.15) is 0 Å². The standard InChI is InChI=1S/C19H24F3N3O2.ClH/c20-19(21,22)15-6-1-5-14(10-15)18(27)25-9-3-4-13(12-25)11-24-17(26)16-7-2-8-23-16;/h1,5-6,10,13,16,23H,2-4,7-9,11-12H2,(H,24,26);1H. The summed E-state index contributed by atoms with van der Waals surface area (Å²) in [5.74, 6) is -0.303. The molecule has 2 atom stereocenters. The average molecular weight is 420 g/mol. The van der Waals surface area contributed by atoms with Gasteiger partial charge in [0.05, 0.1) is 11.6 Å². The summed E-state index contributed by atoms with van der Waals surface area (Å²) in [6, 6.07) is 4.39. The van der Waals surface area contributed by atoms with E-state index in [-0.39, 0.29) is 35.8 Å². The lowest BCUT2D eigenvalue weighted by atomic mass is 9.97. The van der Waals surface area contributed by atoms with Crippen molar-refractivity contribution in [2.45, 2.75) is 37.9 Å². The number of halogens is 4. The van der Waals surface area contributed by atoms with E-state index < -0.39 is 17.6 Å². The number of likely N-dealkylation sites (tertiary alicyclic amines) is 1.